The number of nitrogens with zero attached hydrogens (tertiary/aromatic N) is 4. The van der Waals surface area contributed by atoms with Gasteiger partial charge >= 0.3 is 0 Å². The molecule has 0 saturated carbocycles. The van der Waals surface area contributed by atoms with Crippen molar-refractivity contribution in [2.45, 2.75) is 34.6 Å². The third-order valence-electron chi connectivity index (χ3n) is 6.02. The Balaban J connectivity index is 1.51. The second-order valence-electron chi connectivity index (χ2n) is 8.54. The SMILES string of the molecule is CCN(CC)c1ccc(-n2nc3cc(C)c(NC(=O)COc4ccc(Cl)c(C)c4)cc3n2)c(C)c1. The number of fused-ring (bicyclic) bond motifs is 1. The molecule has 182 valence electrons. The summed E-state index contributed by atoms with van der Waals surface area (Å²) in [5.41, 5.74) is 7.14. The number of rotatable bonds is 8. The highest BCUT2D eigenvalue weighted by atomic mass is 35.5. The summed E-state index contributed by atoms with van der Waals surface area (Å²) in [4.78, 5) is 16.5. The topological polar surface area (TPSA) is 72.3 Å². The van der Waals surface area contributed by atoms with Crippen LogP contribution in [0.2, 0.25) is 5.02 Å². The van der Waals surface area contributed by atoms with Crippen molar-refractivity contribution in [2.75, 3.05) is 29.9 Å². The van der Waals surface area contributed by atoms with Crippen LogP contribution in [0.25, 0.3) is 16.7 Å². The molecule has 1 N–H and O–H groups in total. The Morgan fingerprint density at radius 3 is 2.31 bits per heavy atom. The lowest BCUT2D eigenvalue weighted by molar-refractivity contribution is -0.118. The zero-order chi connectivity index (χ0) is 25.1. The lowest BCUT2D eigenvalue weighted by atomic mass is 10.1. The highest BCUT2D eigenvalue weighted by Crippen LogP contribution is 2.25. The van der Waals surface area contributed by atoms with Crippen molar-refractivity contribution >= 4 is 39.9 Å². The number of aromatic nitrogens is 3. The van der Waals surface area contributed by atoms with E-state index in [1.165, 1.54) is 5.69 Å². The molecule has 8 heteroatoms. The maximum Gasteiger partial charge on any atom is 0.262 e. The molecular formula is C27H30ClN5O2. The molecule has 0 unspecified atom stereocenters. The molecule has 1 amide bonds. The minimum absolute atomic E-state index is 0.108. The van der Waals surface area contributed by atoms with Gasteiger partial charge < -0.3 is 15.0 Å². The molecule has 3 aromatic carbocycles. The van der Waals surface area contributed by atoms with Gasteiger partial charge in [0.15, 0.2) is 6.61 Å². The number of amides is 1. The van der Waals surface area contributed by atoms with Crippen molar-refractivity contribution in [3.05, 3.63) is 70.2 Å². The highest BCUT2D eigenvalue weighted by molar-refractivity contribution is 6.31. The number of carbonyl (C=O) groups is 1. The molecule has 4 aromatic rings. The second kappa shape index (κ2) is 10.4. The minimum atomic E-state index is -0.254. The van der Waals surface area contributed by atoms with Gasteiger partial charge in [-0.15, -0.1) is 10.2 Å². The smallest absolute Gasteiger partial charge is 0.262 e. The van der Waals surface area contributed by atoms with E-state index in [2.05, 4.69) is 53.3 Å². The number of carbonyl (C=O) groups excluding carboxylic acids is 1. The van der Waals surface area contributed by atoms with Crippen LogP contribution in [0.4, 0.5) is 11.4 Å². The van der Waals surface area contributed by atoms with E-state index < -0.39 is 0 Å². The summed E-state index contributed by atoms with van der Waals surface area (Å²) >= 11 is 6.05. The Labute approximate surface area is 210 Å². The number of halogens is 1. The van der Waals surface area contributed by atoms with Gasteiger partial charge in [-0.1, -0.05) is 11.6 Å². The number of hydrogen-bond acceptors (Lipinski definition) is 5. The molecule has 35 heavy (non-hydrogen) atoms. The molecule has 0 atom stereocenters. The van der Waals surface area contributed by atoms with Gasteiger partial charge in [0.1, 0.15) is 16.8 Å². The van der Waals surface area contributed by atoms with Crippen LogP contribution >= 0.6 is 11.6 Å². The zero-order valence-corrected chi connectivity index (χ0v) is 21.5. The summed E-state index contributed by atoms with van der Waals surface area (Å²) < 4.78 is 5.61. The van der Waals surface area contributed by atoms with E-state index in [0.29, 0.717) is 22.0 Å². The average Bonchev–Trinajstić information content (AvgIpc) is 3.23. The molecule has 0 saturated heterocycles. The Hall–Kier alpha value is -3.58. The van der Waals surface area contributed by atoms with E-state index in [4.69, 9.17) is 16.3 Å². The Kier molecular flexibility index (Phi) is 7.26. The van der Waals surface area contributed by atoms with Gasteiger partial charge in [0, 0.05) is 29.5 Å². The van der Waals surface area contributed by atoms with Crippen LogP contribution in [-0.4, -0.2) is 40.6 Å². The van der Waals surface area contributed by atoms with Gasteiger partial charge in [-0.3, -0.25) is 4.79 Å². The predicted molar refractivity (Wildman–Crippen MR) is 142 cm³/mol. The van der Waals surface area contributed by atoms with Crippen molar-refractivity contribution in [3.63, 3.8) is 0 Å². The van der Waals surface area contributed by atoms with E-state index in [0.717, 1.165) is 41.0 Å². The lowest BCUT2D eigenvalue weighted by Gasteiger charge is -2.22. The summed E-state index contributed by atoms with van der Waals surface area (Å²) in [6.07, 6.45) is 0. The summed E-state index contributed by atoms with van der Waals surface area (Å²) in [5.74, 6) is 0.342. The number of nitrogens with one attached hydrogen (secondary N) is 1. The monoisotopic (exact) mass is 491 g/mol. The maximum absolute atomic E-state index is 12.5. The van der Waals surface area contributed by atoms with E-state index in [1.54, 1.807) is 16.9 Å². The van der Waals surface area contributed by atoms with Crippen LogP contribution in [0.5, 0.6) is 5.75 Å². The van der Waals surface area contributed by atoms with Crippen LogP contribution in [-0.2, 0) is 4.79 Å². The summed E-state index contributed by atoms with van der Waals surface area (Å²) in [5, 5.41) is 12.9. The molecule has 1 heterocycles. The molecular weight excluding hydrogens is 462 g/mol. The first kappa shape index (κ1) is 24.5. The van der Waals surface area contributed by atoms with Crippen molar-refractivity contribution < 1.29 is 9.53 Å². The highest BCUT2D eigenvalue weighted by Gasteiger charge is 2.13. The Morgan fingerprint density at radius 1 is 0.943 bits per heavy atom. The van der Waals surface area contributed by atoms with E-state index >= 15 is 0 Å². The van der Waals surface area contributed by atoms with Crippen LogP contribution in [0.15, 0.2) is 48.5 Å². The van der Waals surface area contributed by atoms with Crippen molar-refractivity contribution in [3.8, 4) is 11.4 Å². The summed E-state index contributed by atoms with van der Waals surface area (Å²) in [6.45, 7) is 12.0. The molecule has 0 spiro atoms. The zero-order valence-electron chi connectivity index (χ0n) is 20.7. The van der Waals surface area contributed by atoms with E-state index in [-0.39, 0.29) is 12.5 Å². The van der Waals surface area contributed by atoms with Crippen LogP contribution in [0.1, 0.15) is 30.5 Å². The van der Waals surface area contributed by atoms with Crippen LogP contribution < -0.4 is 15.0 Å². The van der Waals surface area contributed by atoms with Gasteiger partial charge in [0.2, 0.25) is 0 Å². The average molecular weight is 492 g/mol. The van der Waals surface area contributed by atoms with Gasteiger partial charge in [-0.25, -0.2) is 0 Å². The van der Waals surface area contributed by atoms with E-state index in [1.807, 2.05) is 38.1 Å². The third kappa shape index (κ3) is 5.41. The molecule has 0 aliphatic rings. The molecule has 0 aliphatic heterocycles. The van der Waals surface area contributed by atoms with Gasteiger partial charge in [0.05, 0.1) is 5.69 Å². The van der Waals surface area contributed by atoms with Crippen molar-refractivity contribution in [2.24, 2.45) is 0 Å². The van der Waals surface area contributed by atoms with Gasteiger partial charge in [0.25, 0.3) is 5.91 Å². The first-order valence-corrected chi connectivity index (χ1v) is 12.1. The number of aryl methyl sites for hydroxylation is 3. The fourth-order valence-corrected chi connectivity index (χ4v) is 4.12. The number of anilines is 2. The minimum Gasteiger partial charge on any atom is -0.484 e. The largest absolute Gasteiger partial charge is 0.484 e. The van der Waals surface area contributed by atoms with Crippen LogP contribution in [0.3, 0.4) is 0 Å². The first-order chi connectivity index (χ1) is 16.8. The molecule has 0 radical (unpaired) electrons. The van der Waals surface area contributed by atoms with Crippen molar-refractivity contribution in [1.82, 2.24) is 15.0 Å². The third-order valence-corrected chi connectivity index (χ3v) is 6.45. The molecule has 0 bridgehead atoms. The molecule has 1 aromatic heterocycles. The molecule has 0 fully saturated rings. The fraction of sp³-hybridized carbons (Fsp3) is 0.296. The normalized spacial score (nSPS) is 11.0. The quantitative estimate of drug-likeness (QED) is 0.334. The Morgan fingerprint density at radius 2 is 1.66 bits per heavy atom. The lowest BCUT2D eigenvalue weighted by Crippen LogP contribution is -2.21. The van der Waals surface area contributed by atoms with Gasteiger partial charge in [-0.2, -0.15) is 4.80 Å². The molecule has 7 nitrogen and oxygen atoms in total. The summed E-state index contributed by atoms with van der Waals surface area (Å²) in [7, 11) is 0. The standard InChI is InChI=1S/C27H30ClN5O2/c1-6-32(7-2)20-8-11-26(19(5)12-20)33-30-24-14-18(4)23(15-25(24)31-33)29-27(34)16-35-21-9-10-22(28)17(3)13-21/h8-15H,6-7,16H2,1-5H3,(H,29,34). The fourth-order valence-electron chi connectivity index (χ4n) is 4.00. The molecule has 4 rings (SSSR count). The number of benzene rings is 3. The van der Waals surface area contributed by atoms with Crippen LogP contribution in [0, 0.1) is 20.8 Å². The maximum atomic E-state index is 12.5. The summed E-state index contributed by atoms with van der Waals surface area (Å²) in [6, 6.07) is 15.4. The second-order valence-corrected chi connectivity index (χ2v) is 8.94. The van der Waals surface area contributed by atoms with Gasteiger partial charge in [-0.05, 0) is 99.8 Å². The number of hydrogen-bond donors (Lipinski definition) is 1. The Bertz CT molecular complexity index is 1380. The predicted octanol–water partition coefficient (Wildman–Crippen LogP) is 5.86. The van der Waals surface area contributed by atoms with E-state index in [9.17, 15) is 4.79 Å². The first-order valence-electron chi connectivity index (χ1n) is 11.7. The number of ether oxygens (including phenoxy) is 1. The van der Waals surface area contributed by atoms with Crippen molar-refractivity contribution in [1.29, 1.82) is 0 Å². The molecule has 0 aliphatic carbocycles.